The first kappa shape index (κ1) is 86.2. The topological polar surface area (TPSA) is 329 Å². The van der Waals surface area contributed by atoms with Gasteiger partial charge < -0.3 is 71.9 Å². The lowest BCUT2D eigenvalue weighted by atomic mass is 9.94. The van der Waals surface area contributed by atoms with Gasteiger partial charge in [-0.25, -0.2) is 14.4 Å². The minimum Gasteiger partial charge on any atom is -0.507 e. The third kappa shape index (κ3) is 41.8. The molecule has 0 saturated carbocycles. The van der Waals surface area contributed by atoms with Crippen molar-refractivity contribution in [2.24, 2.45) is 11.5 Å². The summed E-state index contributed by atoms with van der Waals surface area (Å²) in [6, 6.07) is 5.91. The number of fused-ring (bicyclic) bond motifs is 5. The largest absolute Gasteiger partial charge is 0.514 e. The number of nitrogens with two attached hydrogens (primary N) is 2. The van der Waals surface area contributed by atoms with Crippen molar-refractivity contribution in [3.8, 4) is 22.6 Å². The van der Waals surface area contributed by atoms with Crippen molar-refractivity contribution in [3.05, 3.63) is 47.5 Å². The molecule has 2 aromatic carbocycles. The number of phenolic OH excluding ortho intramolecular Hbond substituents is 1. The number of Topliss-reactive ketones (excluding diaryl/α,β-unsaturated/α-hetero) is 1. The van der Waals surface area contributed by atoms with E-state index in [2.05, 4.69) is 47.4 Å². The molecular formula is C66H117N9O14. The van der Waals surface area contributed by atoms with Gasteiger partial charge in [0.1, 0.15) is 46.2 Å². The van der Waals surface area contributed by atoms with Gasteiger partial charge in [0.2, 0.25) is 29.5 Å². The predicted molar refractivity (Wildman–Crippen MR) is 352 cm³/mol. The van der Waals surface area contributed by atoms with Gasteiger partial charge >= 0.3 is 18.3 Å². The summed E-state index contributed by atoms with van der Waals surface area (Å²) in [7, 11) is 1.33. The molecule has 10 N–H and O–H groups in total. The Kier molecular flexibility index (Phi) is 46.4. The molecule has 1 aliphatic rings. The maximum absolute atomic E-state index is 14.1. The number of phenols is 1. The minimum atomic E-state index is -1.46. The third-order valence-corrected chi connectivity index (χ3v) is 11.8. The zero-order chi connectivity index (χ0) is 68.9. The molecule has 0 saturated heterocycles. The van der Waals surface area contributed by atoms with E-state index in [1.807, 2.05) is 55.4 Å². The van der Waals surface area contributed by atoms with Crippen LogP contribution in [0.25, 0.3) is 11.1 Å². The van der Waals surface area contributed by atoms with Gasteiger partial charge in [-0.2, -0.15) is 0 Å². The molecule has 0 fully saturated rings. The van der Waals surface area contributed by atoms with Gasteiger partial charge in [-0.3, -0.25) is 28.8 Å². The van der Waals surface area contributed by atoms with Crippen LogP contribution >= 0.6 is 0 Å². The van der Waals surface area contributed by atoms with E-state index in [1.54, 1.807) is 41.5 Å². The van der Waals surface area contributed by atoms with E-state index in [4.69, 9.17) is 30.4 Å². The summed E-state index contributed by atoms with van der Waals surface area (Å²) in [6.45, 7) is 34.5. The molecular weight excluding hydrogens is 1140 g/mol. The number of unbranched alkanes of at least 4 members (excludes halogenated alkanes) is 8. The van der Waals surface area contributed by atoms with Crippen LogP contribution in [0.15, 0.2) is 36.4 Å². The summed E-state index contributed by atoms with van der Waals surface area (Å²) in [4.78, 5) is 119. The lowest BCUT2D eigenvalue weighted by molar-refractivity contribution is -0.140. The minimum absolute atomic E-state index is 0.0438. The maximum Gasteiger partial charge on any atom is 0.514 e. The molecule has 23 heteroatoms. The second kappa shape index (κ2) is 47.9. The molecule has 1 aliphatic heterocycles. The number of alkyl carbamates (subject to hydrolysis) is 1. The summed E-state index contributed by atoms with van der Waals surface area (Å²) >= 11 is 0. The smallest absolute Gasteiger partial charge is 0.507 e. The number of ether oxygens (including phenoxy) is 4. The lowest BCUT2D eigenvalue weighted by Crippen LogP contribution is -2.52. The van der Waals surface area contributed by atoms with Crippen molar-refractivity contribution >= 4 is 53.7 Å². The highest BCUT2D eigenvalue weighted by molar-refractivity contribution is 5.95. The third-order valence-electron chi connectivity index (χ3n) is 11.8. The molecule has 7 amide bonds. The fourth-order valence-electron chi connectivity index (χ4n) is 7.65. The monoisotopic (exact) mass is 1260 g/mol. The number of carbonyl (C=O) groups is 9. The van der Waals surface area contributed by atoms with Gasteiger partial charge in [0, 0.05) is 50.7 Å². The lowest BCUT2D eigenvalue weighted by Gasteiger charge is -2.29. The Labute approximate surface area is 533 Å². The molecule has 1 heterocycles. The number of nitrogens with one attached hydrogen (secondary N) is 5. The van der Waals surface area contributed by atoms with Crippen LogP contribution in [0, 0.1) is 0 Å². The Morgan fingerprint density at radius 3 is 1.75 bits per heavy atom. The molecule has 0 aliphatic carbocycles. The number of ketones is 1. The number of rotatable bonds is 23. The van der Waals surface area contributed by atoms with Crippen LogP contribution in [0.1, 0.15) is 219 Å². The highest BCUT2D eigenvalue weighted by Crippen LogP contribution is 2.40. The van der Waals surface area contributed by atoms with Crippen molar-refractivity contribution in [1.82, 2.24) is 36.4 Å². The number of benzene rings is 2. The number of hydrogen-bond donors (Lipinski definition) is 8. The first-order valence-corrected chi connectivity index (χ1v) is 31.8. The molecule has 4 bridgehead atoms. The number of nitrogens with zero attached hydrogens (tertiary/aromatic N) is 2. The van der Waals surface area contributed by atoms with Crippen LogP contribution in [0.5, 0.6) is 11.5 Å². The van der Waals surface area contributed by atoms with Gasteiger partial charge in [-0.1, -0.05) is 119 Å². The molecule has 510 valence electrons. The summed E-state index contributed by atoms with van der Waals surface area (Å²) < 4.78 is 21.6. The van der Waals surface area contributed by atoms with Gasteiger partial charge in [-0.15, -0.1) is 0 Å². The first-order chi connectivity index (χ1) is 41.8. The highest BCUT2D eigenvalue weighted by atomic mass is 16.7. The van der Waals surface area contributed by atoms with Gasteiger partial charge in [0.15, 0.2) is 0 Å². The molecule has 0 aromatic heterocycles. The number of likely N-dealkylation sites (N-methyl/N-ethyl adjacent to an activating group) is 1. The predicted octanol–water partition coefficient (Wildman–Crippen LogP) is 10.3. The van der Waals surface area contributed by atoms with Crippen molar-refractivity contribution in [2.75, 3.05) is 59.4 Å². The van der Waals surface area contributed by atoms with E-state index in [0.29, 0.717) is 18.7 Å². The van der Waals surface area contributed by atoms with Crippen LogP contribution in [0.4, 0.5) is 14.4 Å². The zero-order valence-electron chi connectivity index (χ0n) is 57.8. The molecule has 2 atom stereocenters. The van der Waals surface area contributed by atoms with E-state index in [1.165, 1.54) is 81.0 Å². The average molecular weight is 1260 g/mol. The van der Waals surface area contributed by atoms with E-state index in [0.717, 1.165) is 62.9 Å². The van der Waals surface area contributed by atoms with Crippen molar-refractivity contribution in [1.29, 1.82) is 0 Å². The summed E-state index contributed by atoms with van der Waals surface area (Å²) in [6.07, 6.45) is 9.58. The normalized spacial score (nSPS) is 13.4. The van der Waals surface area contributed by atoms with Crippen LogP contribution in [-0.4, -0.2) is 151 Å². The average Bonchev–Trinajstić information content (AvgIpc) is 0.933. The summed E-state index contributed by atoms with van der Waals surface area (Å²) in [5.41, 5.74) is 8.62. The van der Waals surface area contributed by atoms with Crippen LogP contribution < -0.4 is 42.8 Å². The van der Waals surface area contributed by atoms with Crippen molar-refractivity contribution in [3.63, 3.8) is 0 Å². The Bertz CT molecular complexity index is 2400. The van der Waals surface area contributed by atoms with E-state index < -0.39 is 83.8 Å². The van der Waals surface area contributed by atoms with E-state index >= 15 is 0 Å². The Balaban J connectivity index is -0.00000274. The molecule has 2 aromatic rings. The molecule has 3 rings (SSSR count). The Hall–Kier alpha value is -7.01. The number of aromatic hydroxyl groups is 1. The molecule has 2 unspecified atom stereocenters. The fourth-order valence-corrected chi connectivity index (χ4v) is 7.65. The van der Waals surface area contributed by atoms with E-state index in [-0.39, 0.29) is 66.0 Å². The quantitative estimate of drug-likeness (QED) is 0.0222. The zero-order valence-corrected chi connectivity index (χ0v) is 57.8. The van der Waals surface area contributed by atoms with Crippen molar-refractivity contribution < 1.29 is 67.2 Å². The molecule has 89 heavy (non-hydrogen) atoms. The highest BCUT2D eigenvalue weighted by Gasteiger charge is 2.33. The molecule has 0 radical (unpaired) electrons. The summed E-state index contributed by atoms with van der Waals surface area (Å²) in [5.74, 6) is -4.21. The van der Waals surface area contributed by atoms with Crippen LogP contribution in [0.2, 0.25) is 0 Å². The van der Waals surface area contributed by atoms with Gasteiger partial charge in [0.25, 0.3) is 0 Å². The van der Waals surface area contributed by atoms with Gasteiger partial charge in [0.05, 0.1) is 19.6 Å². The second-order valence-electron chi connectivity index (χ2n) is 23.5. The Morgan fingerprint density at radius 1 is 0.674 bits per heavy atom. The summed E-state index contributed by atoms with van der Waals surface area (Å²) in [5, 5.41) is 24.1. The Morgan fingerprint density at radius 2 is 1.22 bits per heavy atom. The fraction of sp³-hybridized carbons (Fsp3) is 0.682. The van der Waals surface area contributed by atoms with E-state index in [9.17, 15) is 48.3 Å². The number of hydrogen-bond acceptors (Lipinski definition) is 16. The number of carbonyl (C=O) groups excluding carboxylic acids is 9. The molecule has 23 nitrogen and oxygen atoms in total. The van der Waals surface area contributed by atoms with Gasteiger partial charge in [-0.05, 0) is 137 Å². The molecule has 0 spiro atoms. The van der Waals surface area contributed by atoms with Crippen molar-refractivity contribution in [2.45, 2.75) is 237 Å². The second-order valence-corrected chi connectivity index (χ2v) is 23.5. The standard InChI is InChI=1S/C48H70N6O12.C9H19NO2.C3H9N.C2H7N.2C2H6/c1-10-11-12-13-14-15-16-17-23-54(45(62)65-47(3,4)5)24-22-39(57)49-30-41(59)53(9)42-33-19-21-38(64-46(63)66-48(6,7)8)35(27-33)34-25-32(18-20-37(34)56)26-36(43(60)50-28-31(2)55)52-40(58)29-51-44(42)61;1-5-6-7-10-8(11)12-9(2,3)4;1-2-3-4;1-2-3;2*1-2/h18-21,25,27,36,42,56H,10-17,22-24,26,28-30H2,1-9H3,(H,49,57)(H,50,60)(H,51,61)(H,52,58);5-7H2,1-4H3,(H,10,11);2-4H2,1H3;2-3H2,1H3;2*1-2H3. The van der Waals surface area contributed by atoms with Crippen LogP contribution in [0.3, 0.4) is 0 Å². The first-order valence-electron chi connectivity index (χ1n) is 31.8. The maximum atomic E-state index is 14.1. The van der Waals surface area contributed by atoms with Crippen LogP contribution in [-0.2, 0) is 49.4 Å². The number of amides is 7. The SMILES string of the molecule is CC.CC.CCCCCCCCCCN(CCC(=O)NCC(=O)N(C)C1C(=O)NCC(=O)NC(C(=O)NCC(C)=O)Cc2ccc(O)c(c2)-c2cc1ccc2OC(=O)OC(C)(C)C)C(=O)OC(C)(C)C.CCCCNC(=O)OC(C)(C)C.CCCN.CCN.